The fraction of sp³-hybridized carbons (Fsp3) is 0.395. The molecule has 0 fully saturated rings. The van der Waals surface area contributed by atoms with Gasteiger partial charge in [-0.15, -0.1) is 0 Å². The summed E-state index contributed by atoms with van der Waals surface area (Å²) in [6.07, 6.45) is 4.64. The fourth-order valence-corrected chi connectivity index (χ4v) is 5.89. The topological polar surface area (TPSA) is 93.1 Å². The van der Waals surface area contributed by atoms with Crippen molar-refractivity contribution in [2.45, 2.75) is 97.3 Å². The number of carbonyl (C=O) groups is 2. The molecule has 4 aromatic carbocycles. The van der Waals surface area contributed by atoms with E-state index in [1.807, 2.05) is 48.5 Å². The Morgan fingerprint density at radius 3 is 1.31 bits per heavy atom. The second-order valence-corrected chi connectivity index (χ2v) is 14.2. The lowest BCUT2D eigenvalue weighted by Gasteiger charge is -2.28. The Kier molecular flexibility index (Phi) is 12.7. The van der Waals surface area contributed by atoms with Crippen LogP contribution in [0.1, 0.15) is 121 Å². The molecule has 0 bridgehead atoms. The highest BCUT2D eigenvalue weighted by molar-refractivity contribution is 5.89. The molecule has 0 amide bonds. The minimum Gasteiger partial charge on any atom is -0.507 e. The number of rotatable bonds is 16. The van der Waals surface area contributed by atoms with Gasteiger partial charge < -0.3 is 19.7 Å². The van der Waals surface area contributed by atoms with Crippen molar-refractivity contribution in [3.63, 3.8) is 0 Å². The van der Waals surface area contributed by atoms with E-state index in [1.54, 1.807) is 24.3 Å². The first-order valence-corrected chi connectivity index (χ1v) is 17.5. The van der Waals surface area contributed by atoms with Crippen LogP contribution < -0.4 is 0 Å². The Bertz CT molecular complexity index is 1580. The summed E-state index contributed by atoms with van der Waals surface area (Å²) in [6, 6.07) is 26.1. The molecule has 4 rings (SSSR count). The highest BCUT2D eigenvalue weighted by atomic mass is 16.5. The molecule has 6 nitrogen and oxygen atoms in total. The molecule has 0 radical (unpaired) electrons. The van der Waals surface area contributed by atoms with Gasteiger partial charge in [0.1, 0.15) is 11.5 Å². The number of phenolic OH excluding ortho intramolecular Hbond substituents is 2. The van der Waals surface area contributed by atoms with Crippen LogP contribution in [0.4, 0.5) is 0 Å². The molecule has 0 atom stereocenters. The Morgan fingerprint density at radius 2 is 0.959 bits per heavy atom. The molecule has 0 aliphatic heterocycles. The maximum absolute atomic E-state index is 12.4. The maximum atomic E-state index is 12.4. The predicted octanol–water partition coefficient (Wildman–Crippen LogP) is 9.64. The van der Waals surface area contributed by atoms with Crippen molar-refractivity contribution in [3.05, 3.63) is 129 Å². The third-order valence-electron chi connectivity index (χ3n) is 9.81. The average Bonchev–Trinajstić information content (AvgIpc) is 3.11. The number of aryl methyl sites for hydroxylation is 2. The van der Waals surface area contributed by atoms with E-state index in [0.29, 0.717) is 43.2 Å². The number of aromatic hydroxyl groups is 2. The minimum atomic E-state index is -0.338. The predicted molar refractivity (Wildman–Crippen MR) is 196 cm³/mol. The molecule has 0 saturated heterocycles. The average molecular weight is 665 g/mol. The molecule has 2 N–H and O–H groups in total. The van der Waals surface area contributed by atoms with E-state index >= 15 is 0 Å². The van der Waals surface area contributed by atoms with Crippen LogP contribution >= 0.6 is 0 Å². The van der Waals surface area contributed by atoms with Gasteiger partial charge in [0.15, 0.2) is 0 Å². The molecule has 0 aliphatic rings. The van der Waals surface area contributed by atoms with Crippen molar-refractivity contribution in [1.82, 2.24) is 0 Å². The molecule has 0 aromatic heterocycles. The Balaban J connectivity index is 1.57. The molecule has 4 aromatic rings. The quantitative estimate of drug-likeness (QED) is 0.0915. The van der Waals surface area contributed by atoms with Gasteiger partial charge in [-0.05, 0) is 95.9 Å². The Morgan fingerprint density at radius 1 is 0.592 bits per heavy atom. The first-order valence-electron chi connectivity index (χ1n) is 17.5. The molecule has 260 valence electrons. The first-order chi connectivity index (χ1) is 23.4. The van der Waals surface area contributed by atoms with E-state index in [4.69, 9.17) is 9.47 Å². The van der Waals surface area contributed by atoms with Crippen LogP contribution in [0, 0.1) is 0 Å². The van der Waals surface area contributed by atoms with Crippen molar-refractivity contribution in [3.8, 4) is 11.5 Å². The van der Waals surface area contributed by atoms with Gasteiger partial charge in [0, 0.05) is 17.5 Å². The number of esters is 2. The summed E-state index contributed by atoms with van der Waals surface area (Å²) in [5, 5.41) is 23.3. The maximum Gasteiger partial charge on any atom is 0.338 e. The van der Waals surface area contributed by atoms with Crippen LogP contribution in [-0.2, 0) is 39.6 Å². The van der Waals surface area contributed by atoms with E-state index in [-0.39, 0.29) is 47.5 Å². The van der Waals surface area contributed by atoms with Gasteiger partial charge >= 0.3 is 11.9 Å². The van der Waals surface area contributed by atoms with E-state index in [1.165, 1.54) is 0 Å². The number of hydrogen-bond donors (Lipinski definition) is 2. The van der Waals surface area contributed by atoms with Gasteiger partial charge in [-0.25, -0.2) is 9.59 Å². The summed E-state index contributed by atoms with van der Waals surface area (Å²) in [5.41, 5.74) is 5.85. The lowest BCUT2D eigenvalue weighted by atomic mass is 9.78. The first kappa shape index (κ1) is 37.2. The molecule has 49 heavy (non-hydrogen) atoms. The molecular weight excluding hydrogens is 612 g/mol. The Hall–Kier alpha value is -4.58. The summed E-state index contributed by atoms with van der Waals surface area (Å²) in [5.74, 6) is -0.175. The number of ether oxygens (including phenoxy) is 2. The summed E-state index contributed by atoms with van der Waals surface area (Å²) >= 11 is 0. The lowest BCUT2D eigenvalue weighted by molar-refractivity contribution is 0.0491. The van der Waals surface area contributed by atoms with Crippen molar-refractivity contribution >= 4 is 11.9 Å². The highest BCUT2D eigenvalue weighted by Crippen LogP contribution is 2.41. The molecular formula is C43H52O6. The molecule has 0 saturated carbocycles. The zero-order valence-corrected chi connectivity index (χ0v) is 30.0. The van der Waals surface area contributed by atoms with Crippen LogP contribution in [0.5, 0.6) is 11.5 Å². The van der Waals surface area contributed by atoms with Crippen molar-refractivity contribution in [1.29, 1.82) is 0 Å². The van der Waals surface area contributed by atoms with Gasteiger partial charge in [-0.1, -0.05) is 102 Å². The molecule has 0 unspecified atom stereocenters. The monoisotopic (exact) mass is 664 g/mol. The van der Waals surface area contributed by atoms with Crippen LogP contribution in [0.15, 0.2) is 84.9 Å². The van der Waals surface area contributed by atoms with E-state index in [2.05, 4.69) is 53.7 Å². The minimum absolute atomic E-state index is 0.250. The van der Waals surface area contributed by atoms with Gasteiger partial charge in [-0.2, -0.15) is 0 Å². The zero-order chi connectivity index (χ0) is 35.6. The van der Waals surface area contributed by atoms with Crippen LogP contribution in [0.2, 0.25) is 0 Å². The van der Waals surface area contributed by atoms with Crippen LogP contribution in [-0.4, -0.2) is 35.4 Å². The number of hydrogen-bond acceptors (Lipinski definition) is 6. The molecule has 0 heterocycles. The number of carbonyl (C=O) groups excluding carboxylic acids is 2. The SMILES string of the molecule is CCC(C)(C)c1cc(CCCOC(=O)c2ccccc2)cc(Cc2cc(CCCOC(=O)c3ccccc3)cc(C(C)(C)CC)c2O)c1O. The summed E-state index contributed by atoms with van der Waals surface area (Å²) in [7, 11) is 0. The van der Waals surface area contributed by atoms with Crippen molar-refractivity contribution < 1.29 is 29.3 Å². The van der Waals surface area contributed by atoms with Crippen LogP contribution in [0.25, 0.3) is 0 Å². The standard InChI is InChI=1S/C43H52O6/c1-7-42(3,4)36-27-30(17-15-23-48-40(46)32-19-11-9-12-20-32)25-34(38(36)44)29-35-26-31(28-37(39(35)45)43(5,6)8-2)18-16-24-49-41(47)33-21-13-10-14-22-33/h9-14,19-22,25-28,44-45H,7-8,15-18,23-24,29H2,1-6H3. The second-order valence-electron chi connectivity index (χ2n) is 14.2. The second kappa shape index (κ2) is 16.7. The van der Waals surface area contributed by atoms with Crippen LogP contribution in [0.3, 0.4) is 0 Å². The highest BCUT2D eigenvalue weighted by Gasteiger charge is 2.27. The van der Waals surface area contributed by atoms with Crippen molar-refractivity contribution in [2.24, 2.45) is 0 Å². The molecule has 0 spiro atoms. The third kappa shape index (κ3) is 9.75. The lowest BCUT2D eigenvalue weighted by Crippen LogP contribution is -2.18. The molecule has 0 aliphatic carbocycles. The Labute approximate surface area is 292 Å². The smallest absolute Gasteiger partial charge is 0.338 e. The number of benzene rings is 4. The van der Waals surface area contributed by atoms with E-state index in [0.717, 1.165) is 46.2 Å². The van der Waals surface area contributed by atoms with E-state index in [9.17, 15) is 19.8 Å². The van der Waals surface area contributed by atoms with Gasteiger partial charge in [-0.3, -0.25) is 0 Å². The summed E-state index contributed by atoms with van der Waals surface area (Å²) in [6.45, 7) is 13.3. The molecule has 6 heteroatoms. The fourth-order valence-electron chi connectivity index (χ4n) is 5.89. The van der Waals surface area contributed by atoms with Gasteiger partial charge in [0.25, 0.3) is 0 Å². The van der Waals surface area contributed by atoms with Crippen molar-refractivity contribution in [2.75, 3.05) is 13.2 Å². The largest absolute Gasteiger partial charge is 0.507 e. The normalized spacial score (nSPS) is 11.7. The van der Waals surface area contributed by atoms with Gasteiger partial charge in [0.05, 0.1) is 24.3 Å². The van der Waals surface area contributed by atoms with E-state index < -0.39 is 0 Å². The zero-order valence-electron chi connectivity index (χ0n) is 30.0. The summed E-state index contributed by atoms with van der Waals surface area (Å²) in [4.78, 5) is 24.9. The number of phenols is 2. The third-order valence-corrected chi connectivity index (χ3v) is 9.81. The van der Waals surface area contributed by atoms with Gasteiger partial charge in [0.2, 0.25) is 0 Å². The summed E-state index contributed by atoms with van der Waals surface area (Å²) < 4.78 is 11.1.